The van der Waals surface area contributed by atoms with E-state index in [1.165, 1.54) is 0 Å². The minimum atomic E-state index is 0.668. The first kappa shape index (κ1) is 11.2. The van der Waals surface area contributed by atoms with Gasteiger partial charge in [0.1, 0.15) is 11.2 Å². The number of nitrogen functional groups attached to an aromatic ring is 1. The van der Waals surface area contributed by atoms with Crippen molar-refractivity contribution in [3.8, 4) is 0 Å². The third kappa shape index (κ3) is 1.75. The van der Waals surface area contributed by atoms with Gasteiger partial charge in [-0.05, 0) is 30.7 Å². The average molecular weight is 258 g/mol. The van der Waals surface area contributed by atoms with E-state index in [2.05, 4.69) is 0 Å². The first-order valence-corrected chi connectivity index (χ1v) is 6.07. The monoisotopic (exact) mass is 257 g/mol. The van der Waals surface area contributed by atoms with Crippen LogP contribution in [0.5, 0.6) is 0 Å². The highest BCUT2D eigenvalue weighted by molar-refractivity contribution is 6.31. The van der Waals surface area contributed by atoms with E-state index < -0.39 is 0 Å². The second-order valence-corrected chi connectivity index (χ2v) is 4.90. The molecule has 3 heteroatoms. The molecule has 0 atom stereocenters. The van der Waals surface area contributed by atoms with Crippen molar-refractivity contribution in [3.05, 3.63) is 47.0 Å². The van der Waals surface area contributed by atoms with Crippen LogP contribution in [0.4, 0.5) is 5.69 Å². The van der Waals surface area contributed by atoms with Crippen LogP contribution < -0.4 is 5.73 Å². The molecule has 0 saturated carbocycles. The Bertz CT molecular complexity index is 767. The second kappa shape index (κ2) is 4.07. The van der Waals surface area contributed by atoms with Gasteiger partial charge in [-0.2, -0.15) is 0 Å². The summed E-state index contributed by atoms with van der Waals surface area (Å²) in [5.41, 5.74) is 9.25. The topological polar surface area (TPSA) is 39.2 Å². The van der Waals surface area contributed by atoms with Crippen molar-refractivity contribution in [2.75, 3.05) is 5.73 Å². The van der Waals surface area contributed by atoms with E-state index in [1.807, 2.05) is 49.4 Å². The van der Waals surface area contributed by atoms with Crippen molar-refractivity contribution in [2.24, 2.45) is 0 Å². The maximum Gasteiger partial charge on any atom is 0.137 e. The first-order valence-electron chi connectivity index (χ1n) is 5.70. The fraction of sp³-hybridized carbons (Fsp3) is 0.0667. The van der Waals surface area contributed by atoms with Gasteiger partial charge >= 0.3 is 0 Å². The molecule has 0 radical (unpaired) electrons. The minimum absolute atomic E-state index is 0.668. The number of anilines is 1. The fourth-order valence-corrected chi connectivity index (χ4v) is 2.26. The number of rotatable bonds is 1. The molecule has 18 heavy (non-hydrogen) atoms. The minimum Gasteiger partial charge on any atom is -0.456 e. The normalized spacial score (nSPS) is 12.4. The Labute approximate surface area is 110 Å². The number of para-hydroxylation sites is 1. The summed E-state index contributed by atoms with van der Waals surface area (Å²) in [7, 11) is 0. The Morgan fingerprint density at radius 3 is 2.72 bits per heavy atom. The van der Waals surface area contributed by atoms with Gasteiger partial charge in [-0.3, -0.25) is 0 Å². The van der Waals surface area contributed by atoms with Crippen LogP contribution in [0, 0.1) is 0 Å². The van der Waals surface area contributed by atoms with E-state index in [4.69, 9.17) is 21.8 Å². The zero-order valence-corrected chi connectivity index (χ0v) is 10.7. The lowest BCUT2D eigenvalue weighted by atomic mass is 10.1. The highest BCUT2D eigenvalue weighted by Crippen LogP contribution is 2.32. The largest absolute Gasteiger partial charge is 0.456 e. The predicted molar refractivity (Wildman–Crippen MR) is 77.6 cm³/mol. The van der Waals surface area contributed by atoms with E-state index in [1.54, 1.807) is 0 Å². The van der Waals surface area contributed by atoms with Crippen LogP contribution in [0.3, 0.4) is 0 Å². The average Bonchev–Trinajstić information content (AvgIpc) is 2.66. The van der Waals surface area contributed by atoms with Gasteiger partial charge in [-0.25, -0.2) is 0 Å². The smallest absolute Gasteiger partial charge is 0.137 e. The van der Waals surface area contributed by atoms with Crippen LogP contribution in [-0.2, 0) is 0 Å². The molecule has 3 aromatic rings. The molecule has 0 bridgehead atoms. The lowest BCUT2D eigenvalue weighted by Gasteiger charge is -2.00. The van der Waals surface area contributed by atoms with E-state index in [0.29, 0.717) is 10.7 Å². The highest BCUT2D eigenvalue weighted by Gasteiger charge is 2.08. The Hall–Kier alpha value is -1.93. The number of hydrogen-bond donors (Lipinski definition) is 1. The molecule has 0 aliphatic heterocycles. The van der Waals surface area contributed by atoms with Crippen LogP contribution in [0.1, 0.15) is 12.5 Å². The van der Waals surface area contributed by atoms with Crippen LogP contribution in [0.25, 0.3) is 28.0 Å². The predicted octanol–water partition coefficient (Wildman–Crippen LogP) is 4.77. The number of furan rings is 1. The summed E-state index contributed by atoms with van der Waals surface area (Å²) in [4.78, 5) is 0. The number of halogens is 1. The summed E-state index contributed by atoms with van der Waals surface area (Å²) in [6, 6.07) is 11.8. The van der Waals surface area contributed by atoms with Crippen LogP contribution >= 0.6 is 11.6 Å². The summed E-state index contributed by atoms with van der Waals surface area (Å²) >= 11 is 5.91. The second-order valence-electron chi connectivity index (χ2n) is 4.31. The molecule has 0 spiro atoms. The summed E-state index contributed by atoms with van der Waals surface area (Å²) in [6.07, 6.45) is 1.86. The van der Waals surface area contributed by atoms with Gasteiger partial charge in [0.2, 0.25) is 0 Å². The molecule has 0 aliphatic carbocycles. The third-order valence-electron chi connectivity index (χ3n) is 2.94. The van der Waals surface area contributed by atoms with E-state index in [-0.39, 0.29) is 0 Å². The summed E-state index contributed by atoms with van der Waals surface area (Å²) in [5.74, 6) is 0. The molecule has 0 saturated heterocycles. The molecule has 2 N–H and O–H groups in total. The number of benzene rings is 2. The van der Waals surface area contributed by atoms with Crippen LogP contribution in [0.15, 0.2) is 45.8 Å². The molecule has 0 aliphatic rings. The van der Waals surface area contributed by atoms with Gasteiger partial charge in [0.25, 0.3) is 0 Å². The van der Waals surface area contributed by atoms with Gasteiger partial charge < -0.3 is 10.2 Å². The zero-order chi connectivity index (χ0) is 12.7. The fourth-order valence-electron chi connectivity index (χ4n) is 2.14. The van der Waals surface area contributed by atoms with Crippen molar-refractivity contribution in [1.82, 2.24) is 0 Å². The van der Waals surface area contributed by atoms with Crippen LogP contribution in [-0.4, -0.2) is 0 Å². The molecule has 1 aromatic heterocycles. The number of fused-ring (bicyclic) bond motifs is 3. The molecule has 2 nitrogen and oxygen atoms in total. The quantitative estimate of drug-likeness (QED) is 0.638. The highest BCUT2D eigenvalue weighted by atomic mass is 35.5. The summed E-state index contributed by atoms with van der Waals surface area (Å²) in [5, 5.41) is 2.85. The third-order valence-corrected chi connectivity index (χ3v) is 3.05. The van der Waals surface area contributed by atoms with Crippen molar-refractivity contribution >= 4 is 45.3 Å². The van der Waals surface area contributed by atoms with E-state index >= 15 is 0 Å². The molecule has 3 rings (SSSR count). The van der Waals surface area contributed by atoms with Crippen LogP contribution in [0.2, 0.25) is 0 Å². The Morgan fingerprint density at radius 2 is 1.94 bits per heavy atom. The Morgan fingerprint density at radius 1 is 1.17 bits per heavy atom. The van der Waals surface area contributed by atoms with Crippen molar-refractivity contribution in [2.45, 2.75) is 6.92 Å². The molecule has 90 valence electrons. The van der Waals surface area contributed by atoms with Gasteiger partial charge in [-0.1, -0.05) is 29.8 Å². The zero-order valence-electron chi connectivity index (χ0n) is 9.91. The molecular formula is C15H12ClNO. The molecule has 0 fully saturated rings. The molecular weight excluding hydrogens is 246 g/mol. The summed E-state index contributed by atoms with van der Waals surface area (Å²) < 4.78 is 5.76. The maximum absolute atomic E-state index is 5.99. The van der Waals surface area contributed by atoms with Crippen molar-refractivity contribution in [3.63, 3.8) is 0 Å². The molecule has 0 amide bonds. The van der Waals surface area contributed by atoms with Crippen molar-refractivity contribution < 1.29 is 4.42 Å². The van der Waals surface area contributed by atoms with E-state index in [0.717, 1.165) is 27.5 Å². The van der Waals surface area contributed by atoms with Gasteiger partial charge in [0.05, 0.1) is 0 Å². The first-order chi connectivity index (χ1) is 8.65. The molecule has 2 aromatic carbocycles. The maximum atomic E-state index is 5.99. The standard InChI is InChI=1S/C15H12ClNO/c1-9(16)6-10-7-12-11-4-2-3-5-14(11)18-15(12)8-13(10)17/h2-8H,17H2,1H3/b9-6+. The molecule has 0 unspecified atom stereocenters. The van der Waals surface area contributed by atoms with Gasteiger partial charge in [0.15, 0.2) is 0 Å². The molecule has 1 heterocycles. The SMILES string of the molecule is C/C(Cl)=C\c1cc2c(cc1N)oc1ccccc12. The number of allylic oxidation sites excluding steroid dienone is 1. The van der Waals surface area contributed by atoms with Gasteiger partial charge in [0, 0.05) is 27.6 Å². The van der Waals surface area contributed by atoms with Gasteiger partial charge in [-0.15, -0.1) is 0 Å². The summed E-state index contributed by atoms with van der Waals surface area (Å²) in [6.45, 7) is 1.83. The lowest BCUT2D eigenvalue weighted by molar-refractivity contribution is 0.669. The lowest BCUT2D eigenvalue weighted by Crippen LogP contribution is -1.88. The number of nitrogens with two attached hydrogens (primary N) is 1. The number of hydrogen-bond acceptors (Lipinski definition) is 2. The van der Waals surface area contributed by atoms with E-state index in [9.17, 15) is 0 Å². The Balaban J connectivity index is 2.39. The van der Waals surface area contributed by atoms with Crippen molar-refractivity contribution in [1.29, 1.82) is 0 Å². The Kier molecular flexibility index (Phi) is 2.53.